The number of pyridine rings is 1. The molecular formula is C19H19ClN6O4. The molecule has 0 unspecified atom stereocenters. The van der Waals surface area contributed by atoms with Crippen LogP contribution in [0, 0.1) is 0 Å². The van der Waals surface area contributed by atoms with Crippen molar-refractivity contribution < 1.29 is 18.7 Å². The Morgan fingerprint density at radius 2 is 2.03 bits per heavy atom. The van der Waals surface area contributed by atoms with Gasteiger partial charge in [0.1, 0.15) is 11.6 Å². The summed E-state index contributed by atoms with van der Waals surface area (Å²) in [5.41, 5.74) is 1.05. The Morgan fingerprint density at radius 3 is 2.80 bits per heavy atom. The molecule has 2 aromatic heterocycles. The van der Waals surface area contributed by atoms with E-state index in [0.29, 0.717) is 54.3 Å². The van der Waals surface area contributed by atoms with Crippen LogP contribution in [0.1, 0.15) is 10.7 Å². The minimum absolute atomic E-state index is 0.0588. The molecule has 2 N–H and O–H groups in total. The summed E-state index contributed by atoms with van der Waals surface area (Å²) in [7, 11) is 1.55. The molecule has 1 amide bonds. The standard InChI is InChI=1S/C19H19ClN6O4/c1-28-15-5-3-2-4-14(15)23-19-25-24-18(30-19)17(27)22-12-10-13(20)16(21-11-12)26-6-8-29-9-7-26/h2-5,10-11H,6-9H2,1H3,(H,22,27)(H,23,25). The molecule has 30 heavy (non-hydrogen) atoms. The number of morpholine rings is 1. The molecule has 0 bridgehead atoms. The average molecular weight is 431 g/mol. The first-order valence-electron chi connectivity index (χ1n) is 9.17. The van der Waals surface area contributed by atoms with E-state index in [-0.39, 0.29) is 11.9 Å². The van der Waals surface area contributed by atoms with Gasteiger partial charge in [-0.25, -0.2) is 4.98 Å². The van der Waals surface area contributed by atoms with Crippen molar-refractivity contribution in [3.63, 3.8) is 0 Å². The normalized spacial score (nSPS) is 13.7. The van der Waals surface area contributed by atoms with Crippen molar-refractivity contribution >= 4 is 40.7 Å². The minimum atomic E-state index is -0.576. The second kappa shape index (κ2) is 8.97. The molecule has 1 saturated heterocycles. The Morgan fingerprint density at radius 1 is 1.23 bits per heavy atom. The van der Waals surface area contributed by atoms with Gasteiger partial charge in [0.15, 0.2) is 0 Å². The van der Waals surface area contributed by atoms with Crippen LogP contribution in [-0.2, 0) is 4.74 Å². The predicted octanol–water partition coefficient (Wildman–Crippen LogP) is 2.96. The third-order valence-electron chi connectivity index (χ3n) is 4.36. The number of methoxy groups -OCH3 is 1. The molecule has 1 aromatic carbocycles. The molecule has 1 aliphatic heterocycles. The lowest BCUT2D eigenvalue weighted by atomic mass is 10.3. The van der Waals surface area contributed by atoms with E-state index in [2.05, 4.69) is 25.8 Å². The average Bonchev–Trinajstić information content (AvgIpc) is 3.23. The lowest BCUT2D eigenvalue weighted by molar-refractivity contribution is 0.0991. The molecule has 0 saturated carbocycles. The lowest BCUT2D eigenvalue weighted by Gasteiger charge is -2.28. The van der Waals surface area contributed by atoms with Crippen LogP contribution in [0.3, 0.4) is 0 Å². The number of hydrogen-bond acceptors (Lipinski definition) is 9. The summed E-state index contributed by atoms with van der Waals surface area (Å²) < 4.78 is 16.0. The van der Waals surface area contributed by atoms with Crippen LogP contribution in [-0.4, -0.2) is 54.5 Å². The largest absolute Gasteiger partial charge is 0.495 e. The first kappa shape index (κ1) is 19.9. The van der Waals surface area contributed by atoms with Crippen molar-refractivity contribution in [3.05, 3.63) is 47.4 Å². The summed E-state index contributed by atoms with van der Waals surface area (Å²) in [6, 6.07) is 8.91. The maximum atomic E-state index is 12.4. The molecule has 3 aromatic rings. The number of nitrogens with one attached hydrogen (secondary N) is 2. The quantitative estimate of drug-likeness (QED) is 0.608. The number of rotatable bonds is 6. The van der Waals surface area contributed by atoms with Crippen LogP contribution < -0.4 is 20.3 Å². The van der Waals surface area contributed by atoms with Crippen LogP contribution in [0.4, 0.5) is 23.2 Å². The van der Waals surface area contributed by atoms with Crippen LogP contribution in [0.5, 0.6) is 5.75 Å². The molecule has 3 heterocycles. The number of benzene rings is 1. The zero-order chi connectivity index (χ0) is 20.9. The Labute approximate surface area is 177 Å². The third-order valence-corrected chi connectivity index (χ3v) is 4.64. The summed E-state index contributed by atoms with van der Waals surface area (Å²) in [5, 5.41) is 13.6. The second-order valence-corrected chi connectivity index (χ2v) is 6.73. The van der Waals surface area contributed by atoms with E-state index >= 15 is 0 Å². The number of halogens is 1. The zero-order valence-corrected chi connectivity index (χ0v) is 16.8. The molecule has 156 valence electrons. The van der Waals surface area contributed by atoms with Gasteiger partial charge in [-0.1, -0.05) is 28.8 Å². The van der Waals surface area contributed by atoms with Gasteiger partial charge in [0.2, 0.25) is 0 Å². The SMILES string of the molecule is COc1ccccc1Nc1nnc(C(=O)Nc2cnc(N3CCOCC3)c(Cl)c2)o1. The van der Waals surface area contributed by atoms with Gasteiger partial charge in [0.25, 0.3) is 0 Å². The number of ether oxygens (including phenoxy) is 2. The summed E-state index contributed by atoms with van der Waals surface area (Å²) in [6.45, 7) is 2.67. The molecule has 10 nitrogen and oxygen atoms in total. The number of carbonyl (C=O) groups is 1. The lowest BCUT2D eigenvalue weighted by Crippen LogP contribution is -2.36. The third kappa shape index (κ3) is 4.44. The summed E-state index contributed by atoms with van der Waals surface area (Å²) in [6.07, 6.45) is 1.53. The Hall–Kier alpha value is -3.37. The molecule has 0 aliphatic carbocycles. The topological polar surface area (TPSA) is 115 Å². The number of hydrogen-bond donors (Lipinski definition) is 2. The maximum absolute atomic E-state index is 12.4. The number of para-hydroxylation sites is 2. The van der Waals surface area contributed by atoms with Gasteiger partial charge < -0.3 is 29.4 Å². The summed E-state index contributed by atoms with van der Waals surface area (Å²) >= 11 is 6.35. The van der Waals surface area contributed by atoms with E-state index in [0.717, 1.165) is 0 Å². The van der Waals surface area contributed by atoms with E-state index in [9.17, 15) is 4.79 Å². The predicted molar refractivity (Wildman–Crippen MR) is 111 cm³/mol. The monoisotopic (exact) mass is 430 g/mol. The molecule has 1 fully saturated rings. The molecule has 0 atom stereocenters. The number of amides is 1. The number of aromatic nitrogens is 3. The molecule has 0 radical (unpaired) electrons. The Balaban J connectivity index is 1.42. The van der Waals surface area contributed by atoms with E-state index in [1.165, 1.54) is 6.20 Å². The fraction of sp³-hybridized carbons (Fsp3) is 0.263. The maximum Gasteiger partial charge on any atom is 0.320 e. The highest BCUT2D eigenvalue weighted by Crippen LogP contribution is 2.28. The highest BCUT2D eigenvalue weighted by atomic mass is 35.5. The molecule has 0 spiro atoms. The fourth-order valence-corrected chi connectivity index (χ4v) is 3.21. The highest BCUT2D eigenvalue weighted by molar-refractivity contribution is 6.33. The van der Waals surface area contributed by atoms with Crippen molar-refractivity contribution in [1.29, 1.82) is 0 Å². The van der Waals surface area contributed by atoms with Crippen molar-refractivity contribution in [2.24, 2.45) is 0 Å². The number of nitrogens with zero attached hydrogens (tertiary/aromatic N) is 4. The van der Waals surface area contributed by atoms with Crippen LogP contribution >= 0.6 is 11.6 Å². The van der Waals surface area contributed by atoms with Crippen LogP contribution in [0.2, 0.25) is 5.02 Å². The second-order valence-electron chi connectivity index (χ2n) is 6.32. The van der Waals surface area contributed by atoms with Gasteiger partial charge >= 0.3 is 17.8 Å². The fourth-order valence-electron chi connectivity index (χ4n) is 2.92. The van der Waals surface area contributed by atoms with Gasteiger partial charge in [-0.3, -0.25) is 4.79 Å². The van der Waals surface area contributed by atoms with Crippen LogP contribution in [0.15, 0.2) is 40.9 Å². The molecular weight excluding hydrogens is 412 g/mol. The van der Waals surface area contributed by atoms with Gasteiger partial charge in [0.05, 0.1) is 42.9 Å². The highest BCUT2D eigenvalue weighted by Gasteiger charge is 2.19. The van der Waals surface area contributed by atoms with Gasteiger partial charge in [-0.15, -0.1) is 5.10 Å². The minimum Gasteiger partial charge on any atom is -0.495 e. The Bertz CT molecular complexity index is 1040. The smallest absolute Gasteiger partial charge is 0.320 e. The number of anilines is 4. The van der Waals surface area contributed by atoms with E-state index in [4.69, 9.17) is 25.5 Å². The number of carbonyl (C=O) groups excluding carboxylic acids is 1. The molecule has 1 aliphatic rings. The molecule has 11 heteroatoms. The van der Waals surface area contributed by atoms with Gasteiger partial charge in [-0.2, -0.15) is 0 Å². The molecule has 4 rings (SSSR count). The van der Waals surface area contributed by atoms with Crippen molar-refractivity contribution in [1.82, 2.24) is 15.2 Å². The van der Waals surface area contributed by atoms with E-state index < -0.39 is 5.91 Å². The first-order valence-corrected chi connectivity index (χ1v) is 9.55. The van der Waals surface area contributed by atoms with Crippen molar-refractivity contribution in [3.8, 4) is 5.75 Å². The van der Waals surface area contributed by atoms with Gasteiger partial charge in [-0.05, 0) is 18.2 Å². The van der Waals surface area contributed by atoms with E-state index in [1.54, 1.807) is 25.3 Å². The van der Waals surface area contributed by atoms with Crippen molar-refractivity contribution in [2.45, 2.75) is 0 Å². The first-order chi connectivity index (χ1) is 14.6. The summed E-state index contributed by atoms with van der Waals surface area (Å²) in [5.74, 6) is 0.468. The van der Waals surface area contributed by atoms with Crippen molar-refractivity contribution in [2.75, 3.05) is 48.9 Å². The van der Waals surface area contributed by atoms with E-state index in [1.807, 2.05) is 17.0 Å². The van der Waals surface area contributed by atoms with Gasteiger partial charge in [0, 0.05) is 13.1 Å². The Kier molecular flexibility index (Phi) is 5.96. The summed E-state index contributed by atoms with van der Waals surface area (Å²) in [4.78, 5) is 18.8. The van der Waals surface area contributed by atoms with Crippen LogP contribution in [0.25, 0.3) is 0 Å². The zero-order valence-electron chi connectivity index (χ0n) is 16.1.